The number of carbonyl (C=O) groups is 3. The molecule has 0 saturated carbocycles. The Labute approximate surface area is 180 Å². The highest BCUT2D eigenvalue weighted by Crippen LogP contribution is 2.12. The van der Waals surface area contributed by atoms with Crippen LogP contribution in [0, 0.1) is 11.7 Å². The molecule has 2 N–H and O–H groups in total. The third-order valence-corrected chi connectivity index (χ3v) is 5.12. The highest BCUT2D eigenvalue weighted by molar-refractivity contribution is 5.95. The van der Waals surface area contributed by atoms with E-state index in [1.54, 1.807) is 23.1 Å². The number of nitrogens with zero attached hydrogens (tertiary/aromatic N) is 2. The molecule has 1 fully saturated rings. The van der Waals surface area contributed by atoms with Crippen LogP contribution < -0.4 is 10.6 Å². The first kappa shape index (κ1) is 22.5. The fourth-order valence-electron chi connectivity index (χ4n) is 3.43. The number of piperazine rings is 1. The lowest BCUT2D eigenvalue weighted by Gasteiger charge is -2.37. The number of halogens is 1. The van der Waals surface area contributed by atoms with Crippen molar-refractivity contribution in [2.75, 3.05) is 38.0 Å². The predicted octanol–water partition coefficient (Wildman–Crippen LogP) is 1.96. The topological polar surface area (TPSA) is 94.9 Å². The molecular formula is C22H27FN4O4. The van der Waals surface area contributed by atoms with Gasteiger partial charge in [-0.05, 0) is 36.2 Å². The summed E-state index contributed by atoms with van der Waals surface area (Å²) in [4.78, 5) is 41.2. The molecule has 1 atom stereocenters. The van der Waals surface area contributed by atoms with Gasteiger partial charge in [-0.1, -0.05) is 19.9 Å². The van der Waals surface area contributed by atoms with Crippen molar-refractivity contribution in [2.24, 2.45) is 5.92 Å². The van der Waals surface area contributed by atoms with Crippen molar-refractivity contribution in [3.05, 3.63) is 54.2 Å². The monoisotopic (exact) mass is 430 g/mol. The number of nitrogens with one attached hydrogen (secondary N) is 2. The van der Waals surface area contributed by atoms with Gasteiger partial charge in [0.1, 0.15) is 11.9 Å². The van der Waals surface area contributed by atoms with E-state index >= 15 is 0 Å². The van der Waals surface area contributed by atoms with Gasteiger partial charge in [0.25, 0.3) is 5.91 Å². The summed E-state index contributed by atoms with van der Waals surface area (Å²) in [7, 11) is 0. The highest BCUT2D eigenvalue weighted by atomic mass is 19.1. The lowest BCUT2D eigenvalue weighted by molar-refractivity contribution is -0.136. The number of carbonyl (C=O) groups excluding carboxylic acids is 3. The summed E-state index contributed by atoms with van der Waals surface area (Å²) in [5.74, 6) is -1.17. The van der Waals surface area contributed by atoms with Crippen LogP contribution in [0.25, 0.3) is 0 Å². The first-order valence-corrected chi connectivity index (χ1v) is 10.2. The molecule has 0 radical (unpaired) electrons. The number of anilines is 1. The molecule has 0 spiro atoms. The van der Waals surface area contributed by atoms with Gasteiger partial charge in [0.05, 0.1) is 12.8 Å². The number of rotatable bonds is 7. The summed E-state index contributed by atoms with van der Waals surface area (Å²) >= 11 is 0. The van der Waals surface area contributed by atoms with Crippen LogP contribution in [0.4, 0.5) is 10.1 Å². The van der Waals surface area contributed by atoms with E-state index in [0.717, 1.165) is 0 Å². The number of hydrogen-bond donors (Lipinski definition) is 2. The van der Waals surface area contributed by atoms with Gasteiger partial charge < -0.3 is 20.0 Å². The van der Waals surface area contributed by atoms with Crippen LogP contribution in [0.1, 0.15) is 24.4 Å². The van der Waals surface area contributed by atoms with Gasteiger partial charge >= 0.3 is 0 Å². The molecule has 3 rings (SSSR count). The van der Waals surface area contributed by atoms with Crippen molar-refractivity contribution >= 4 is 23.4 Å². The van der Waals surface area contributed by atoms with Crippen molar-refractivity contribution in [2.45, 2.75) is 19.9 Å². The normalized spacial score (nSPS) is 15.5. The molecule has 2 aromatic rings. The van der Waals surface area contributed by atoms with Crippen molar-refractivity contribution in [3.8, 4) is 0 Å². The number of benzene rings is 1. The van der Waals surface area contributed by atoms with Crippen LogP contribution in [0.15, 0.2) is 47.1 Å². The molecule has 1 aromatic carbocycles. The second kappa shape index (κ2) is 10.2. The Morgan fingerprint density at radius 2 is 1.84 bits per heavy atom. The Hall–Kier alpha value is -3.20. The highest BCUT2D eigenvalue weighted by Gasteiger charge is 2.31. The summed E-state index contributed by atoms with van der Waals surface area (Å²) in [5.41, 5.74) is 0.408. The smallest absolute Gasteiger partial charge is 0.287 e. The first-order valence-electron chi connectivity index (χ1n) is 10.2. The Balaban J connectivity index is 1.49. The maximum atomic E-state index is 13.2. The van der Waals surface area contributed by atoms with E-state index in [9.17, 15) is 18.8 Å². The molecule has 8 nitrogen and oxygen atoms in total. The third-order valence-electron chi connectivity index (χ3n) is 5.12. The molecule has 1 aliphatic heterocycles. The molecule has 1 saturated heterocycles. The van der Waals surface area contributed by atoms with Crippen LogP contribution in [0.2, 0.25) is 0 Å². The van der Waals surface area contributed by atoms with E-state index in [4.69, 9.17) is 4.42 Å². The predicted molar refractivity (Wildman–Crippen MR) is 113 cm³/mol. The number of hydrogen-bond acceptors (Lipinski definition) is 5. The minimum atomic E-state index is -0.666. The van der Waals surface area contributed by atoms with E-state index in [-0.39, 0.29) is 30.0 Å². The van der Waals surface area contributed by atoms with Crippen molar-refractivity contribution in [3.63, 3.8) is 0 Å². The fraction of sp³-hybridized carbons (Fsp3) is 0.409. The summed E-state index contributed by atoms with van der Waals surface area (Å²) in [6, 6.07) is 8.23. The molecule has 1 aromatic heterocycles. The van der Waals surface area contributed by atoms with Crippen LogP contribution in [0.5, 0.6) is 0 Å². The zero-order valence-electron chi connectivity index (χ0n) is 17.6. The SMILES string of the molecule is CC(C)[C@H](NC(=O)c1ccco1)C(=O)N1CCN(CC(=O)Nc2cccc(F)c2)CC1. The summed E-state index contributed by atoms with van der Waals surface area (Å²) in [6.45, 7) is 5.85. The molecule has 0 bridgehead atoms. The average Bonchev–Trinajstić information content (AvgIpc) is 3.27. The van der Waals surface area contributed by atoms with Gasteiger partial charge in [0, 0.05) is 31.9 Å². The van der Waals surface area contributed by atoms with Crippen LogP contribution >= 0.6 is 0 Å². The Morgan fingerprint density at radius 1 is 1.10 bits per heavy atom. The molecule has 9 heteroatoms. The molecule has 31 heavy (non-hydrogen) atoms. The largest absolute Gasteiger partial charge is 0.459 e. The maximum absolute atomic E-state index is 13.2. The third kappa shape index (κ3) is 6.14. The van der Waals surface area contributed by atoms with Crippen LogP contribution in [0.3, 0.4) is 0 Å². The van der Waals surface area contributed by atoms with Gasteiger partial charge in [-0.2, -0.15) is 0 Å². The number of amides is 3. The van der Waals surface area contributed by atoms with Crippen molar-refractivity contribution in [1.29, 1.82) is 0 Å². The van der Waals surface area contributed by atoms with Gasteiger partial charge in [-0.3, -0.25) is 19.3 Å². The minimum Gasteiger partial charge on any atom is -0.459 e. The molecular weight excluding hydrogens is 403 g/mol. The van der Waals surface area contributed by atoms with E-state index in [1.165, 1.54) is 24.5 Å². The minimum absolute atomic E-state index is 0.0958. The lowest BCUT2D eigenvalue weighted by atomic mass is 10.0. The quantitative estimate of drug-likeness (QED) is 0.700. The molecule has 2 heterocycles. The molecule has 166 valence electrons. The first-order chi connectivity index (χ1) is 14.8. The summed E-state index contributed by atoms with van der Waals surface area (Å²) in [5, 5.41) is 5.43. The van der Waals surface area contributed by atoms with Gasteiger partial charge in [-0.25, -0.2) is 4.39 Å². The summed E-state index contributed by atoms with van der Waals surface area (Å²) < 4.78 is 18.3. The molecule has 1 aliphatic rings. The van der Waals surface area contributed by atoms with Crippen LogP contribution in [-0.2, 0) is 9.59 Å². The zero-order chi connectivity index (χ0) is 22.4. The van der Waals surface area contributed by atoms with E-state index < -0.39 is 17.8 Å². The van der Waals surface area contributed by atoms with Gasteiger partial charge in [0.2, 0.25) is 11.8 Å². The van der Waals surface area contributed by atoms with Crippen LogP contribution in [-0.4, -0.2) is 66.3 Å². The van der Waals surface area contributed by atoms with Gasteiger partial charge in [0.15, 0.2) is 5.76 Å². The second-order valence-electron chi connectivity index (χ2n) is 7.83. The van der Waals surface area contributed by atoms with Gasteiger partial charge in [-0.15, -0.1) is 0 Å². The Kier molecular flexibility index (Phi) is 7.41. The molecule has 3 amide bonds. The van der Waals surface area contributed by atoms with E-state index in [1.807, 2.05) is 18.7 Å². The standard InChI is InChI=1S/C22H27FN4O4/c1-15(2)20(25-21(29)18-7-4-12-31-18)22(30)27-10-8-26(9-11-27)14-19(28)24-17-6-3-5-16(23)13-17/h3-7,12-13,15,20H,8-11,14H2,1-2H3,(H,24,28)(H,25,29)/t20-/m0/s1. The van der Waals surface area contributed by atoms with E-state index in [0.29, 0.717) is 31.9 Å². The molecule has 0 aliphatic carbocycles. The van der Waals surface area contributed by atoms with Crippen molar-refractivity contribution in [1.82, 2.24) is 15.1 Å². The van der Waals surface area contributed by atoms with Crippen molar-refractivity contribution < 1.29 is 23.2 Å². The maximum Gasteiger partial charge on any atom is 0.287 e. The fourth-order valence-corrected chi connectivity index (χ4v) is 3.43. The summed E-state index contributed by atoms with van der Waals surface area (Å²) in [6.07, 6.45) is 1.41. The molecule has 0 unspecified atom stereocenters. The Morgan fingerprint density at radius 3 is 2.45 bits per heavy atom. The average molecular weight is 430 g/mol. The Bertz CT molecular complexity index is 908. The number of furan rings is 1. The lowest BCUT2D eigenvalue weighted by Crippen LogP contribution is -2.57. The second-order valence-corrected chi connectivity index (χ2v) is 7.83. The zero-order valence-corrected chi connectivity index (χ0v) is 17.6. The van der Waals surface area contributed by atoms with E-state index in [2.05, 4.69) is 10.6 Å².